The van der Waals surface area contributed by atoms with Crippen LogP contribution in [0.5, 0.6) is 0 Å². The van der Waals surface area contributed by atoms with E-state index < -0.39 is 28.0 Å². The van der Waals surface area contributed by atoms with Crippen molar-refractivity contribution in [1.29, 1.82) is 0 Å². The quantitative estimate of drug-likeness (QED) is 0.416. The van der Waals surface area contributed by atoms with Crippen LogP contribution in [0.25, 0.3) is 0 Å². The van der Waals surface area contributed by atoms with Crippen LogP contribution in [0.4, 0.5) is 17.1 Å². The van der Waals surface area contributed by atoms with Crippen LogP contribution in [0.3, 0.4) is 0 Å². The lowest BCUT2D eigenvalue weighted by molar-refractivity contribution is -0.123. The molecule has 172 valence electrons. The number of carbonyl (C=O) groups is 3. The van der Waals surface area contributed by atoms with Crippen molar-refractivity contribution < 1.29 is 27.5 Å². The minimum absolute atomic E-state index is 0.161. The van der Waals surface area contributed by atoms with Gasteiger partial charge in [-0.25, -0.2) is 13.2 Å². The van der Waals surface area contributed by atoms with Gasteiger partial charge in [-0.05, 0) is 66.9 Å². The highest BCUT2D eigenvalue weighted by molar-refractivity contribution is 7.94. The van der Waals surface area contributed by atoms with E-state index in [-0.39, 0.29) is 21.4 Å². The Morgan fingerprint density at radius 3 is 2.00 bits per heavy atom. The summed E-state index contributed by atoms with van der Waals surface area (Å²) in [7, 11) is -3.69. The number of ether oxygens (including phenoxy) is 1. The summed E-state index contributed by atoms with van der Waals surface area (Å²) in [6, 6.07) is 15.3. The molecule has 9 nitrogen and oxygen atoms in total. The van der Waals surface area contributed by atoms with Crippen LogP contribution in [-0.2, 0) is 24.3 Å². The third-order valence-corrected chi connectivity index (χ3v) is 7.04. The first-order valence-electron chi connectivity index (χ1n) is 9.70. The van der Waals surface area contributed by atoms with Crippen LogP contribution in [0.15, 0.2) is 70.3 Å². The normalized spacial score (nSPS) is 11.8. The maximum Gasteiger partial charge on any atom is 0.338 e. The molecule has 1 heterocycles. The summed E-state index contributed by atoms with van der Waals surface area (Å²) in [5.74, 6) is -1.47. The van der Waals surface area contributed by atoms with E-state index >= 15 is 0 Å². The Labute approximate surface area is 194 Å². The van der Waals surface area contributed by atoms with Crippen LogP contribution >= 0.6 is 11.3 Å². The lowest BCUT2D eigenvalue weighted by atomic mass is 10.2. The number of anilines is 3. The highest BCUT2D eigenvalue weighted by Crippen LogP contribution is 2.21. The lowest BCUT2D eigenvalue weighted by Gasteiger charge is -2.14. The molecule has 0 aliphatic carbocycles. The summed E-state index contributed by atoms with van der Waals surface area (Å²) in [5.41, 5.74) is 1.50. The Balaban J connectivity index is 1.55. The van der Waals surface area contributed by atoms with Crippen molar-refractivity contribution in [3.63, 3.8) is 0 Å². The summed E-state index contributed by atoms with van der Waals surface area (Å²) in [6.07, 6.45) is -1.08. The fraction of sp³-hybridized carbons (Fsp3) is 0.136. The van der Waals surface area contributed by atoms with Gasteiger partial charge in [0.2, 0.25) is 5.91 Å². The second kappa shape index (κ2) is 10.3. The molecule has 3 rings (SSSR count). The third kappa shape index (κ3) is 6.64. The van der Waals surface area contributed by atoms with Gasteiger partial charge in [-0.3, -0.25) is 14.3 Å². The van der Waals surface area contributed by atoms with E-state index in [1.165, 1.54) is 44.2 Å². The zero-order valence-corrected chi connectivity index (χ0v) is 19.3. The van der Waals surface area contributed by atoms with Crippen molar-refractivity contribution >= 4 is 56.2 Å². The fourth-order valence-corrected chi connectivity index (χ4v) is 4.71. The van der Waals surface area contributed by atoms with E-state index in [1.54, 1.807) is 35.7 Å². The summed E-state index contributed by atoms with van der Waals surface area (Å²) < 4.78 is 32.3. The van der Waals surface area contributed by atoms with Crippen molar-refractivity contribution in [2.45, 2.75) is 24.2 Å². The molecule has 0 saturated heterocycles. The molecule has 0 aliphatic heterocycles. The first kappa shape index (κ1) is 24.0. The van der Waals surface area contributed by atoms with Crippen LogP contribution < -0.4 is 15.4 Å². The number of carbonyl (C=O) groups excluding carboxylic acids is 3. The molecule has 1 atom stereocenters. The molecular formula is C22H21N3O6S2. The molecule has 0 spiro atoms. The number of nitrogens with one attached hydrogen (secondary N) is 3. The number of benzene rings is 2. The molecule has 33 heavy (non-hydrogen) atoms. The molecular weight excluding hydrogens is 466 g/mol. The Morgan fingerprint density at radius 1 is 0.879 bits per heavy atom. The predicted octanol–water partition coefficient (Wildman–Crippen LogP) is 3.69. The van der Waals surface area contributed by atoms with E-state index in [2.05, 4.69) is 15.4 Å². The van der Waals surface area contributed by atoms with Gasteiger partial charge in [-0.15, -0.1) is 11.3 Å². The zero-order chi connectivity index (χ0) is 24.0. The monoisotopic (exact) mass is 487 g/mol. The third-order valence-electron chi connectivity index (χ3n) is 4.26. The van der Waals surface area contributed by atoms with Crippen LogP contribution in [-0.4, -0.2) is 32.3 Å². The summed E-state index contributed by atoms with van der Waals surface area (Å²) in [6.45, 7) is 2.82. The van der Waals surface area contributed by atoms with Gasteiger partial charge in [-0.2, -0.15) is 0 Å². The minimum Gasteiger partial charge on any atom is -0.449 e. The molecule has 0 radical (unpaired) electrons. The van der Waals surface area contributed by atoms with Crippen molar-refractivity contribution in [1.82, 2.24) is 0 Å². The van der Waals surface area contributed by atoms with Gasteiger partial charge in [-0.1, -0.05) is 6.07 Å². The standard InChI is InChI=1S/C22H21N3O6S2/c1-14(21(27)24-18-11-9-17(10-12-18)23-15(2)26)31-22(28)16-5-7-19(8-6-16)25-33(29,30)20-4-3-13-32-20/h3-14,25H,1-2H3,(H,23,26)(H,24,27)/t14-/m0/s1. The van der Waals surface area contributed by atoms with Gasteiger partial charge in [0.25, 0.3) is 15.9 Å². The molecule has 2 aromatic carbocycles. The predicted molar refractivity (Wildman–Crippen MR) is 126 cm³/mol. The second-order valence-electron chi connectivity index (χ2n) is 6.91. The fourth-order valence-electron chi connectivity index (χ4n) is 2.66. The van der Waals surface area contributed by atoms with Crippen molar-refractivity contribution in [3.8, 4) is 0 Å². The Kier molecular flexibility index (Phi) is 7.46. The molecule has 0 bridgehead atoms. The van der Waals surface area contributed by atoms with E-state index in [1.807, 2.05) is 0 Å². The average Bonchev–Trinajstić information content (AvgIpc) is 3.31. The molecule has 0 saturated carbocycles. The first-order chi connectivity index (χ1) is 15.6. The number of amides is 2. The average molecular weight is 488 g/mol. The number of thiophene rings is 1. The van der Waals surface area contributed by atoms with E-state index in [9.17, 15) is 22.8 Å². The van der Waals surface area contributed by atoms with Crippen LogP contribution in [0.2, 0.25) is 0 Å². The van der Waals surface area contributed by atoms with Gasteiger partial charge in [0, 0.05) is 24.0 Å². The van der Waals surface area contributed by atoms with Crippen LogP contribution in [0, 0.1) is 0 Å². The smallest absolute Gasteiger partial charge is 0.338 e. The maximum atomic E-state index is 12.4. The molecule has 2 amide bonds. The zero-order valence-electron chi connectivity index (χ0n) is 17.7. The summed E-state index contributed by atoms with van der Waals surface area (Å²) in [5, 5.41) is 6.90. The Hall–Kier alpha value is -3.70. The van der Waals surface area contributed by atoms with Gasteiger partial charge in [0.05, 0.1) is 5.56 Å². The van der Waals surface area contributed by atoms with Gasteiger partial charge in [0.1, 0.15) is 4.21 Å². The van der Waals surface area contributed by atoms with Crippen molar-refractivity contribution in [3.05, 3.63) is 71.6 Å². The molecule has 1 aromatic heterocycles. The van der Waals surface area contributed by atoms with Gasteiger partial charge >= 0.3 is 5.97 Å². The minimum atomic E-state index is -3.69. The molecule has 0 aliphatic rings. The molecule has 3 N–H and O–H groups in total. The number of rotatable bonds is 8. The van der Waals surface area contributed by atoms with E-state index in [0.29, 0.717) is 11.4 Å². The lowest BCUT2D eigenvalue weighted by Crippen LogP contribution is -2.30. The van der Waals surface area contributed by atoms with E-state index in [4.69, 9.17) is 4.74 Å². The number of esters is 1. The Morgan fingerprint density at radius 2 is 1.45 bits per heavy atom. The van der Waals surface area contributed by atoms with Gasteiger partial charge < -0.3 is 15.4 Å². The second-order valence-corrected chi connectivity index (χ2v) is 9.77. The van der Waals surface area contributed by atoms with E-state index in [0.717, 1.165) is 11.3 Å². The Bertz CT molecular complexity index is 1240. The largest absolute Gasteiger partial charge is 0.449 e. The van der Waals surface area contributed by atoms with Gasteiger partial charge in [0.15, 0.2) is 6.10 Å². The topological polar surface area (TPSA) is 131 Å². The SMILES string of the molecule is CC(=O)Nc1ccc(NC(=O)[C@H](C)OC(=O)c2ccc(NS(=O)(=O)c3cccs3)cc2)cc1. The van der Waals surface area contributed by atoms with Crippen LogP contribution in [0.1, 0.15) is 24.2 Å². The number of hydrogen-bond acceptors (Lipinski definition) is 7. The molecule has 0 unspecified atom stereocenters. The number of sulfonamides is 1. The highest BCUT2D eigenvalue weighted by atomic mass is 32.2. The van der Waals surface area contributed by atoms with Crippen molar-refractivity contribution in [2.24, 2.45) is 0 Å². The molecule has 11 heteroatoms. The maximum absolute atomic E-state index is 12.4. The van der Waals surface area contributed by atoms with Crippen molar-refractivity contribution in [2.75, 3.05) is 15.4 Å². The highest BCUT2D eigenvalue weighted by Gasteiger charge is 2.20. The summed E-state index contributed by atoms with van der Waals surface area (Å²) >= 11 is 1.09. The molecule has 3 aromatic rings. The number of hydrogen-bond donors (Lipinski definition) is 3. The first-order valence-corrected chi connectivity index (χ1v) is 12.1. The summed E-state index contributed by atoms with van der Waals surface area (Å²) in [4.78, 5) is 35.7. The molecule has 0 fully saturated rings.